The second-order valence-electron chi connectivity index (χ2n) is 4.48. The molecule has 0 spiro atoms. The molecule has 1 aromatic rings. The summed E-state index contributed by atoms with van der Waals surface area (Å²) in [4.78, 5) is 21.8. The van der Waals surface area contributed by atoms with Crippen LogP contribution in [-0.2, 0) is 22.4 Å². The number of carboxylic acid groups (broad SMARTS) is 2. The molecule has 2 N–H and O–H groups in total. The fourth-order valence-corrected chi connectivity index (χ4v) is 2.52. The van der Waals surface area contributed by atoms with E-state index >= 15 is 0 Å². The summed E-state index contributed by atoms with van der Waals surface area (Å²) >= 11 is 0. The molecule has 4 heteroatoms. The highest BCUT2D eigenvalue weighted by molar-refractivity contribution is 5.78. The molecule has 0 saturated heterocycles. The average molecular weight is 234 g/mol. The summed E-state index contributed by atoms with van der Waals surface area (Å²) < 4.78 is 0. The molecule has 17 heavy (non-hydrogen) atoms. The van der Waals surface area contributed by atoms with Crippen LogP contribution in [0, 0.1) is 11.8 Å². The van der Waals surface area contributed by atoms with Gasteiger partial charge in [-0.1, -0.05) is 24.3 Å². The monoisotopic (exact) mass is 234 g/mol. The van der Waals surface area contributed by atoms with Gasteiger partial charge in [0.2, 0.25) is 0 Å². The van der Waals surface area contributed by atoms with E-state index in [9.17, 15) is 9.59 Å². The van der Waals surface area contributed by atoms with E-state index in [1.54, 1.807) is 0 Å². The fraction of sp³-hybridized carbons (Fsp3) is 0.385. The maximum Gasteiger partial charge on any atom is 0.307 e. The van der Waals surface area contributed by atoms with Crippen LogP contribution in [0.3, 0.4) is 0 Å². The lowest BCUT2D eigenvalue weighted by molar-refractivity contribution is -0.150. The maximum absolute atomic E-state index is 11.1. The van der Waals surface area contributed by atoms with Crippen molar-refractivity contribution in [3.8, 4) is 0 Å². The van der Waals surface area contributed by atoms with Crippen LogP contribution in [-0.4, -0.2) is 22.2 Å². The standard InChI is InChI=1S/C13H14O4/c14-12(15)7-11(13(16)17)10-5-8-3-1-2-4-9(8)6-10/h1-4,10-11H,5-7H2,(H,14,15)(H,16,17). The minimum absolute atomic E-state index is 0.0963. The van der Waals surface area contributed by atoms with E-state index in [-0.39, 0.29) is 12.3 Å². The topological polar surface area (TPSA) is 74.6 Å². The molecule has 90 valence electrons. The van der Waals surface area contributed by atoms with Gasteiger partial charge < -0.3 is 10.2 Å². The van der Waals surface area contributed by atoms with Crippen molar-refractivity contribution in [2.24, 2.45) is 11.8 Å². The van der Waals surface area contributed by atoms with Gasteiger partial charge in [-0.2, -0.15) is 0 Å². The maximum atomic E-state index is 11.1. The number of hydrogen-bond acceptors (Lipinski definition) is 2. The molecule has 1 aliphatic carbocycles. The number of fused-ring (bicyclic) bond motifs is 1. The lowest BCUT2D eigenvalue weighted by Gasteiger charge is -2.16. The first-order chi connectivity index (χ1) is 8.08. The molecule has 1 aliphatic rings. The Balaban J connectivity index is 2.14. The molecule has 0 fully saturated rings. The zero-order valence-electron chi connectivity index (χ0n) is 9.30. The average Bonchev–Trinajstić information content (AvgIpc) is 2.68. The Morgan fingerprint density at radius 1 is 1.18 bits per heavy atom. The molecular weight excluding hydrogens is 220 g/mol. The molecule has 1 aromatic carbocycles. The van der Waals surface area contributed by atoms with Crippen molar-refractivity contribution in [1.82, 2.24) is 0 Å². The molecular formula is C13H14O4. The number of rotatable bonds is 4. The molecule has 0 heterocycles. The number of carbonyl (C=O) groups is 2. The highest BCUT2D eigenvalue weighted by atomic mass is 16.4. The van der Waals surface area contributed by atoms with Gasteiger partial charge >= 0.3 is 11.9 Å². The van der Waals surface area contributed by atoms with Gasteiger partial charge in [0, 0.05) is 0 Å². The fourth-order valence-electron chi connectivity index (χ4n) is 2.52. The smallest absolute Gasteiger partial charge is 0.307 e. The molecule has 0 bridgehead atoms. The predicted molar refractivity (Wildman–Crippen MR) is 60.7 cm³/mol. The molecule has 0 aliphatic heterocycles. The van der Waals surface area contributed by atoms with E-state index in [1.165, 1.54) is 0 Å². The van der Waals surface area contributed by atoms with Crippen molar-refractivity contribution >= 4 is 11.9 Å². The zero-order valence-corrected chi connectivity index (χ0v) is 9.30. The minimum Gasteiger partial charge on any atom is -0.481 e. The van der Waals surface area contributed by atoms with Crippen LogP contribution >= 0.6 is 0 Å². The van der Waals surface area contributed by atoms with E-state index < -0.39 is 17.9 Å². The molecule has 4 nitrogen and oxygen atoms in total. The van der Waals surface area contributed by atoms with Crippen LogP contribution in [0.5, 0.6) is 0 Å². The molecule has 0 aromatic heterocycles. The first-order valence-corrected chi connectivity index (χ1v) is 5.59. The Morgan fingerprint density at radius 3 is 2.12 bits per heavy atom. The van der Waals surface area contributed by atoms with E-state index in [1.807, 2.05) is 24.3 Å². The Morgan fingerprint density at radius 2 is 1.71 bits per heavy atom. The lowest BCUT2D eigenvalue weighted by atomic mass is 9.87. The second kappa shape index (κ2) is 4.57. The van der Waals surface area contributed by atoms with Crippen molar-refractivity contribution < 1.29 is 19.8 Å². The van der Waals surface area contributed by atoms with Crippen LogP contribution in [0.4, 0.5) is 0 Å². The SMILES string of the molecule is O=C(O)CC(C(=O)O)C1Cc2ccccc2C1. The van der Waals surface area contributed by atoms with Gasteiger partial charge in [-0.05, 0) is 29.9 Å². The molecule has 0 amide bonds. The van der Waals surface area contributed by atoms with Crippen molar-refractivity contribution in [1.29, 1.82) is 0 Å². The van der Waals surface area contributed by atoms with E-state index in [0.717, 1.165) is 11.1 Å². The number of benzene rings is 1. The number of hydrogen-bond donors (Lipinski definition) is 2. The van der Waals surface area contributed by atoms with Gasteiger partial charge in [-0.15, -0.1) is 0 Å². The first-order valence-electron chi connectivity index (χ1n) is 5.59. The van der Waals surface area contributed by atoms with Crippen LogP contribution in [0.25, 0.3) is 0 Å². The molecule has 1 atom stereocenters. The van der Waals surface area contributed by atoms with Crippen molar-refractivity contribution in [3.63, 3.8) is 0 Å². The van der Waals surface area contributed by atoms with Crippen molar-refractivity contribution in [3.05, 3.63) is 35.4 Å². The summed E-state index contributed by atoms with van der Waals surface area (Å²) in [5.41, 5.74) is 2.29. The lowest BCUT2D eigenvalue weighted by Crippen LogP contribution is -2.26. The molecule has 0 saturated carbocycles. The highest BCUT2D eigenvalue weighted by Gasteiger charge is 2.34. The van der Waals surface area contributed by atoms with Crippen LogP contribution in [0.2, 0.25) is 0 Å². The van der Waals surface area contributed by atoms with Crippen LogP contribution < -0.4 is 0 Å². The van der Waals surface area contributed by atoms with E-state index in [4.69, 9.17) is 10.2 Å². The molecule has 0 radical (unpaired) electrons. The summed E-state index contributed by atoms with van der Waals surface area (Å²) in [5, 5.41) is 17.8. The zero-order chi connectivity index (χ0) is 12.4. The Bertz CT molecular complexity index is 427. The highest BCUT2D eigenvalue weighted by Crippen LogP contribution is 2.33. The summed E-state index contributed by atoms with van der Waals surface area (Å²) in [6.07, 6.45) is 1.04. The predicted octanol–water partition coefficient (Wildman–Crippen LogP) is 1.58. The van der Waals surface area contributed by atoms with Gasteiger partial charge in [0.05, 0.1) is 12.3 Å². The third-order valence-corrected chi connectivity index (χ3v) is 3.36. The summed E-state index contributed by atoms with van der Waals surface area (Å²) in [7, 11) is 0. The van der Waals surface area contributed by atoms with Gasteiger partial charge in [-0.3, -0.25) is 9.59 Å². The number of aliphatic carboxylic acids is 2. The van der Waals surface area contributed by atoms with Crippen LogP contribution in [0.15, 0.2) is 24.3 Å². The quantitative estimate of drug-likeness (QED) is 0.829. The molecule has 2 rings (SSSR count). The Hall–Kier alpha value is -1.84. The summed E-state index contributed by atoms with van der Waals surface area (Å²) in [6, 6.07) is 7.81. The van der Waals surface area contributed by atoms with Gasteiger partial charge in [0.25, 0.3) is 0 Å². The summed E-state index contributed by atoms with van der Waals surface area (Å²) in [6.45, 7) is 0. The van der Waals surface area contributed by atoms with Crippen LogP contribution in [0.1, 0.15) is 17.5 Å². The first kappa shape index (κ1) is 11.6. The van der Waals surface area contributed by atoms with Crippen molar-refractivity contribution in [2.45, 2.75) is 19.3 Å². The van der Waals surface area contributed by atoms with E-state index in [0.29, 0.717) is 12.8 Å². The third kappa shape index (κ3) is 2.46. The largest absolute Gasteiger partial charge is 0.481 e. The number of carboxylic acids is 2. The Kier molecular flexibility index (Phi) is 3.13. The summed E-state index contributed by atoms with van der Waals surface area (Å²) in [5.74, 6) is -2.94. The van der Waals surface area contributed by atoms with Gasteiger partial charge in [-0.25, -0.2) is 0 Å². The third-order valence-electron chi connectivity index (χ3n) is 3.36. The molecule has 1 unspecified atom stereocenters. The normalized spacial score (nSPS) is 16.5. The van der Waals surface area contributed by atoms with Crippen molar-refractivity contribution in [2.75, 3.05) is 0 Å². The minimum atomic E-state index is -1.05. The second-order valence-corrected chi connectivity index (χ2v) is 4.48. The van der Waals surface area contributed by atoms with Gasteiger partial charge in [0.1, 0.15) is 0 Å². The Labute approximate surface area is 98.9 Å². The van der Waals surface area contributed by atoms with Gasteiger partial charge in [0.15, 0.2) is 0 Å². The van der Waals surface area contributed by atoms with E-state index in [2.05, 4.69) is 0 Å².